The molecule has 0 atom stereocenters. The van der Waals surface area contributed by atoms with E-state index in [1.165, 1.54) is 7.11 Å². The Bertz CT molecular complexity index is 900. The molecule has 1 aromatic carbocycles. The van der Waals surface area contributed by atoms with E-state index in [9.17, 15) is 14.4 Å². The molecule has 170 valence electrons. The van der Waals surface area contributed by atoms with Crippen LogP contribution in [0.1, 0.15) is 6.42 Å². The topological polar surface area (TPSA) is 129 Å². The van der Waals surface area contributed by atoms with Crippen LogP contribution in [0.5, 0.6) is 0 Å². The molecular weight excluding hydrogens is 414 g/mol. The van der Waals surface area contributed by atoms with Crippen molar-refractivity contribution in [2.45, 2.75) is 6.42 Å². The highest BCUT2D eigenvalue weighted by Gasteiger charge is 2.22. The average molecular weight is 441 g/mol. The van der Waals surface area contributed by atoms with Gasteiger partial charge in [-0.1, -0.05) is 0 Å². The molecule has 4 amide bonds. The van der Waals surface area contributed by atoms with Crippen molar-refractivity contribution in [3.8, 4) is 0 Å². The molecule has 0 saturated carbocycles. The molecule has 0 spiro atoms. The summed E-state index contributed by atoms with van der Waals surface area (Å²) >= 11 is 0. The number of urea groups is 1. The first-order valence-corrected chi connectivity index (χ1v) is 10.3. The van der Waals surface area contributed by atoms with E-state index < -0.39 is 6.03 Å². The van der Waals surface area contributed by atoms with Gasteiger partial charge in [0.25, 0.3) is 0 Å². The molecule has 11 heteroatoms. The van der Waals surface area contributed by atoms with Crippen molar-refractivity contribution in [2.24, 2.45) is 0 Å². The highest BCUT2D eigenvalue weighted by Crippen LogP contribution is 2.13. The van der Waals surface area contributed by atoms with E-state index in [0.29, 0.717) is 43.5 Å². The van der Waals surface area contributed by atoms with E-state index in [2.05, 4.69) is 25.9 Å². The van der Waals surface area contributed by atoms with Gasteiger partial charge >= 0.3 is 6.03 Å². The molecule has 1 fully saturated rings. The minimum atomic E-state index is -0.403. The molecule has 3 rings (SSSR count). The molecule has 1 aliphatic rings. The predicted octanol–water partition coefficient (Wildman–Crippen LogP) is 0.922. The van der Waals surface area contributed by atoms with Crippen LogP contribution in [0.2, 0.25) is 0 Å². The Labute approximate surface area is 186 Å². The van der Waals surface area contributed by atoms with E-state index >= 15 is 0 Å². The SMILES string of the molecule is COCC(=O)Nc1ccc(NC(=O)NCCC(=O)N2CCN(c3ncccn3)CC2)cc1. The van der Waals surface area contributed by atoms with Gasteiger partial charge in [0.15, 0.2) is 0 Å². The first-order valence-electron chi connectivity index (χ1n) is 10.3. The molecule has 0 unspecified atom stereocenters. The second-order valence-corrected chi connectivity index (χ2v) is 7.11. The largest absolute Gasteiger partial charge is 0.375 e. The van der Waals surface area contributed by atoms with Gasteiger partial charge in [-0.3, -0.25) is 9.59 Å². The fourth-order valence-electron chi connectivity index (χ4n) is 3.19. The number of hydrogen-bond acceptors (Lipinski definition) is 7. The van der Waals surface area contributed by atoms with Gasteiger partial charge in [-0.25, -0.2) is 14.8 Å². The van der Waals surface area contributed by atoms with Gasteiger partial charge in [-0.05, 0) is 30.3 Å². The lowest BCUT2D eigenvalue weighted by Gasteiger charge is -2.34. The maximum absolute atomic E-state index is 12.4. The number of anilines is 3. The standard InChI is InChI=1S/C21H27N7O4/c1-32-15-18(29)25-16-3-5-17(6-4-16)26-21(31)24-10-7-19(30)27-11-13-28(14-12-27)20-22-8-2-9-23-20/h2-6,8-9H,7,10-15H2,1H3,(H,25,29)(H2,24,26,31). The van der Waals surface area contributed by atoms with E-state index in [1.54, 1.807) is 47.6 Å². The number of carbonyl (C=O) groups excluding carboxylic acids is 3. The summed E-state index contributed by atoms with van der Waals surface area (Å²) in [5.41, 5.74) is 1.17. The summed E-state index contributed by atoms with van der Waals surface area (Å²) in [6, 6.07) is 8.05. The predicted molar refractivity (Wildman–Crippen MR) is 119 cm³/mol. The molecule has 3 N–H and O–H groups in total. The van der Waals surface area contributed by atoms with Crippen LogP contribution in [0.25, 0.3) is 0 Å². The first kappa shape index (κ1) is 22.9. The average Bonchev–Trinajstić information content (AvgIpc) is 2.81. The van der Waals surface area contributed by atoms with Crippen molar-refractivity contribution in [1.82, 2.24) is 20.2 Å². The lowest BCUT2D eigenvalue weighted by atomic mass is 10.2. The van der Waals surface area contributed by atoms with Gasteiger partial charge < -0.3 is 30.5 Å². The van der Waals surface area contributed by atoms with E-state index in [0.717, 1.165) is 0 Å². The van der Waals surface area contributed by atoms with Crippen LogP contribution >= 0.6 is 0 Å². The zero-order valence-corrected chi connectivity index (χ0v) is 17.9. The fraction of sp³-hybridized carbons (Fsp3) is 0.381. The number of hydrogen-bond donors (Lipinski definition) is 3. The van der Waals surface area contributed by atoms with Crippen LogP contribution < -0.4 is 20.9 Å². The molecule has 11 nitrogen and oxygen atoms in total. The molecule has 0 bridgehead atoms. The summed E-state index contributed by atoms with van der Waals surface area (Å²) in [5, 5.41) is 8.05. The minimum Gasteiger partial charge on any atom is -0.375 e. The van der Waals surface area contributed by atoms with Crippen molar-refractivity contribution in [3.63, 3.8) is 0 Å². The summed E-state index contributed by atoms with van der Waals surface area (Å²) in [6.07, 6.45) is 3.62. The molecule has 0 aliphatic carbocycles. The number of amides is 4. The molecule has 1 saturated heterocycles. The summed E-state index contributed by atoms with van der Waals surface area (Å²) in [6.45, 7) is 2.74. The van der Waals surface area contributed by atoms with Crippen molar-refractivity contribution in [2.75, 3.05) is 62.0 Å². The van der Waals surface area contributed by atoms with Crippen LogP contribution in [-0.4, -0.2) is 79.2 Å². The fourth-order valence-corrected chi connectivity index (χ4v) is 3.19. The number of benzene rings is 1. The van der Waals surface area contributed by atoms with Crippen LogP contribution in [0.4, 0.5) is 22.1 Å². The summed E-state index contributed by atoms with van der Waals surface area (Å²) in [7, 11) is 1.44. The Morgan fingerprint density at radius 3 is 2.22 bits per heavy atom. The van der Waals surface area contributed by atoms with Gasteiger partial charge in [-0.15, -0.1) is 0 Å². The smallest absolute Gasteiger partial charge is 0.319 e. The minimum absolute atomic E-state index is 0.00455. The number of piperazine rings is 1. The summed E-state index contributed by atoms with van der Waals surface area (Å²) in [5.74, 6) is 0.406. The maximum Gasteiger partial charge on any atom is 0.319 e. The van der Waals surface area contributed by atoms with Gasteiger partial charge in [0.05, 0.1) is 0 Å². The lowest BCUT2D eigenvalue weighted by Crippen LogP contribution is -2.49. The normalized spacial score (nSPS) is 13.4. The zero-order chi connectivity index (χ0) is 22.8. The van der Waals surface area contributed by atoms with Crippen molar-refractivity contribution in [3.05, 3.63) is 42.7 Å². The zero-order valence-electron chi connectivity index (χ0n) is 17.9. The Morgan fingerprint density at radius 2 is 1.59 bits per heavy atom. The number of ether oxygens (including phenoxy) is 1. The number of methoxy groups -OCH3 is 1. The van der Waals surface area contributed by atoms with E-state index in [-0.39, 0.29) is 31.4 Å². The van der Waals surface area contributed by atoms with Gasteiger partial charge in [-0.2, -0.15) is 0 Å². The lowest BCUT2D eigenvalue weighted by molar-refractivity contribution is -0.131. The first-order chi connectivity index (χ1) is 15.5. The number of aromatic nitrogens is 2. The van der Waals surface area contributed by atoms with Crippen LogP contribution in [0.3, 0.4) is 0 Å². The highest BCUT2D eigenvalue weighted by atomic mass is 16.5. The maximum atomic E-state index is 12.4. The molecule has 1 aromatic heterocycles. The quantitative estimate of drug-likeness (QED) is 0.556. The number of nitrogens with one attached hydrogen (secondary N) is 3. The summed E-state index contributed by atoms with van der Waals surface area (Å²) in [4.78, 5) is 48.3. The molecule has 0 radical (unpaired) electrons. The Kier molecular flexibility index (Phi) is 8.32. The second-order valence-electron chi connectivity index (χ2n) is 7.11. The van der Waals surface area contributed by atoms with Gasteiger partial charge in [0, 0.05) is 70.0 Å². The molecule has 2 aromatic rings. The third kappa shape index (κ3) is 6.91. The number of nitrogens with zero attached hydrogens (tertiary/aromatic N) is 4. The Hall–Kier alpha value is -3.73. The second kappa shape index (κ2) is 11.6. The molecule has 1 aliphatic heterocycles. The Balaban J connectivity index is 1.34. The van der Waals surface area contributed by atoms with Crippen molar-refractivity contribution in [1.29, 1.82) is 0 Å². The third-order valence-electron chi connectivity index (χ3n) is 4.79. The van der Waals surface area contributed by atoms with Gasteiger partial charge in [0.2, 0.25) is 17.8 Å². The van der Waals surface area contributed by atoms with Gasteiger partial charge in [0.1, 0.15) is 6.61 Å². The van der Waals surface area contributed by atoms with Crippen LogP contribution in [-0.2, 0) is 14.3 Å². The van der Waals surface area contributed by atoms with Crippen LogP contribution in [0.15, 0.2) is 42.7 Å². The van der Waals surface area contributed by atoms with Crippen molar-refractivity contribution < 1.29 is 19.1 Å². The molecule has 2 heterocycles. The Morgan fingerprint density at radius 1 is 0.969 bits per heavy atom. The third-order valence-corrected chi connectivity index (χ3v) is 4.79. The number of rotatable bonds is 8. The molecule has 32 heavy (non-hydrogen) atoms. The summed E-state index contributed by atoms with van der Waals surface area (Å²) < 4.78 is 4.76. The monoisotopic (exact) mass is 441 g/mol. The number of carbonyl (C=O) groups is 3. The van der Waals surface area contributed by atoms with Crippen molar-refractivity contribution >= 4 is 35.2 Å². The van der Waals surface area contributed by atoms with E-state index in [4.69, 9.17) is 4.74 Å². The van der Waals surface area contributed by atoms with Crippen LogP contribution in [0, 0.1) is 0 Å². The molecular formula is C21H27N7O4. The van der Waals surface area contributed by atoms with E-state index in [1.807, 2.05) is 4.90 Å². The highest BCUT2D eigenvalue weighted by molar-refractivity contribution is 5.93.